The number of halogens is 1. The SMILES string of the molecule is O=C(CCc1ncc(-c2ccccc2F)o1)Nc1nc2ccccc2[nH]1. The number of carbonyl (C=O) groups is 1. The summed E-state index contributed by atoms with van der Waals surface area (Å²) < 4.78 is 19.3. The first kappa shape index (κ1) is 16.0. The van der Waals surface area contributed by atoms with Crippen molar-refractivity contribution in [3.8, 4) is 11.3 Å². The van der Waals surface area contributed by atoms with Gasteiger partial charge in [-0.3, -0.25) is 10.1 Å². The summed E-state index contributed by atoms with van der Waals surface area (Å²) in [5.41, 5.74) is 1.98. The Kier molecular flexibility index (Phi) is 4.18. The zero-order valence-electron chi connectivity index (χ0n) is 13.7. The Morgan fingerprint density at radius 3 is 2.81 bits per heavy atom. The lowest BCUT2D eigenvalue weighted by molar-refractivity contribution is -0.116. The number of imidazole rings is 1. The van der Waals surface area contributed by atoms with E-state index < -0.39 is 0 Å². The molecule has 2 heterocycles. The zero-order valence-corrected chi connectivity index (χ0v) is 13.7. The molecule has 2 aromatic carbocycles. The van der Waals surface area contributed by atoms with E-state index in [1.807, 2.05) is 24.3 Å². The highest BCUT2D eigenvalue weighted by molar-refractivity contribution is 5.91. The molecule has 0 aliphatic heterocycles. The molecule has 1 amide bonds. The van der Waals surface area contributed by atoms with Crippen molar-refractivity contribution in [3.63, 3.8) is 0 Å². The van der Waals surface area contributed by atoms with Crippen molar-refractivity contribution in [3.05, 3.63) is 66.4 Å². The van der Waals surface area contributed by atoms with Gasteiger partial charge in [0.05, 0.1) is 22.8 Å². The maximum Gasteiger partial charge on any atom is 0.227 e. The van der Waals surface area contributed by atoms with E-state index in [0.717, 1.165) is 11.0 Å². The minimum absolute atomic E-state index is 0.175. The number of rotatable bonds is 5. The Morgan fingerprint density at radius 1 is 1.15 bits per heavy atom. The zero-order chi connectivity index (χ0) is 17.9. The summed E-state index contributed by atoms with van der Waals surface area (Å²) in [4.78, 5) is 23.5. The number of para-hydroxylation sites is 2. The highest BCUT2D eigenvalue weighted by Crippen LogP contribution is 2.23. The van der Waals surface area contributed by atoms with Crippen molar-refractivity contribution in [2.24, 2.45) is 0 Å². The molecule has 2 N–H and O–H groups in total. The fourth-order valence-corrected chi connectivity index (χ4v) is 2.64. The molecule has 0 fully saturated rings. The number of oxazole rings is 1. The van der Waals surface area contributed by atoms with Gasteiger partial charge in [-0.1, -0.05) is 24.3 Å². The second-order valence-electron chi connectivity index (χ2n) is 5.75. The molecule has 7 heteroatoms. The fraction of sp³-hybridized carbons (Fsp3) is 0.105. The molecule has 4 aromatic rings. The van der Waals surface area contributed by atoms with Crippen molar-refractivity contribution in [1.29, 1.82) is 0 Å². The monoisotopic (exact) mass is 350 g/mol. The lowest BCUT2D eigenvalue weighted by atomic mass is 10.2. The second-order valence-corrected chi connectivity index (χ2v) is 5.75. The van der Waals surface area contributed by atoms with Crippen molar-refractivity contribution >= 4 is 22.9 Å². The lowest BCUT2D eigenvalue weighted by Gasteiger charge is -2.00. The number of hydrogen-bond donors (Lipinski definition) is 2. The number of aryl methyl sites for hydroxylation is 1. The summed E-state index contributed by atoms with van der Waals surface area (Å²) >= 11 is 0. The number of hydrogen-bond acceptors (Lipinski definition) is 4. The van der Waals surface area contributed by atoms with Gasteiger partial charge < -0.3 is 9.40 Å². The smallest absolute Gasteiger partial charge is 0.227 e. The summed E-state index contributed by atoms with van der Waals surface area (Å²) in [7, 11) is 0. The molecule has 0 aliphatic carbocycles. The number of nitrogens with zero attached hydrogens (tertiary/aromatic N) is 2. The Labute approximate surface area is 148 Å². The standard InChI is InChI=1S/C19H15FN4O2/c20-13-6-2-1-5-12(13)16-11-21-18(26-16)10-9-17(25)24-19-22-14-7-3-4-8-15(14)23-19/h1-8,11H,9-10H2,(H2,22,23,24,25). The molecule has 0 spiro atoms. The number of H-pyrrole nitrogens is 1. The molecule has 0 saturated heterocycles. The van der Waals surface area contributed by atoms with Crippen LogP contribution in [0.3, 0.4) is 0 Å². The van der Waals surface area contributed by atoms with Gasteiger partial charge in [0.2, 0.25) is 11.9 Å². The predicted molar refractivity (Wildman–Crippen MR) is 94.9 cm³/mol. The van der Waals surface area contributed by atoms with E-state index in [-0.39, 0.29) is 18.1 Å². The predicted octanol–water partition coefficient (Wildman–Crippen LogP) is 3.93. The van der Waals surface area contributed by atoms with Crippen LogP contribution in [0.15, 0.2) is 59.1 Å². The molecule has 130 valence electrons. The van der Waals surface area contributed by atoms with Crippen molar-refractivity contribution in [1.82, 2.24) is 15.0 Å². The van der Waals surface area contributed by atoms with Crippen molar-refractivity contribution < 1.29 is 13.6 Å². The van der Waals surface area contributed by atoms with Crippen LogP contribution >= 0.6 is 0 Å². The number of nitrogens with one attached hydrogen (secondary N) is 2. The van der Waals surface area contributed by atoms with Crippen LogP contribution in [0.25, 0.3) is 22.4 Å². The van der Waals surface area contributed by atoms with Crippen LogP contribution < -0.4 is 5.32 Å². The van der Waals surface area contributed by atoms with E-state index >= 15 is 0 Å². The highest BCUT2D eigenvalue weighted by Gasteiger charge is 2.12. The normalized spacial score (nSPS) is 11.0. The third kappa shape index (κ3) is 3.32. The minimum Gasteiger partial charge on any atom is -0.441 e. The molecular formula is C19H15FN4O2. The van der Waals surface area contributed by atoms with E-state index in [2.05, 4.69) is 20.3 Å². The van der Waals surface area contributed by atoms with Gasteiger partial charge >= 0.3 is 0 Å². The molecule has 4 rings (SSSR count). The molecule has 2 aromatic heterocycles. The summed E-state index contributed by atoms with van der Waals surface area (Å²) in [5, 5.41) is 2.71. The fourth-order valence-electron chi connectivity index (χ4n) is 2.64. The van der Waals surface area contributed by atoms with E-state index in [0.29, 0.717) is 29.6 Å². The number of fused-ring (bicyclic) bond motifs is 1. The van der Waals surface area contributed by atoms with Gasteiger partial charge in [-0.05, 0) is 24.3 Å². The van der Waals surface area contributed by atoms with Gasteiger partial charge in [-0.15, -0.1) is 0 Å². The number of aromatic nitrogens is 3. The molecule has 0 bridgehead atoms. The van der Waals surface area contributed by atoms with E-state index in [1.165, 1.54) is 12.3 Å². The summed E-state index contributed by atoms with van der Waals surface area (Å²) in [6.45, 7) is 0. The molecule has 0 aliphatic rings. The topological polar surface area (TPSA) is 83.8 Å². The Hall–Kier alpha value is -3.48. The minimum atomic E-state index is -0.377. The first-order chi connectivity index (χ1) is 12.7. The van der Waals surface area contributed by atoms with Crippen LogP contribution in [0.5, 0.6) is 0 Å². The third-order valence-electron chi connectivity index (χ3n) is 3.91. The van der Waals surface area contributed by atoms with Crippen molar-refractivity contribution in [2.45, 2.75) is 12.8 Å². The number of carbonyl (C=O) groups excluding carboxylic acids is 1. The van der Waals surface area contributed by atoms with Gasteiger partial charge in [0.15, 0.2) is 11.7 Å². The highest BCUT2D eigenvalue weighted by atomic mass is 19.1. The van der Waals surface area contributed by atoms with Gasteiger partial charge in [-0.2, -0.15) is 0 Å². The molecule has 0 saturated carbocycles. The number of amides is 1. The van der Waals surface area contributed by atoms with Crippen LogP contribution in [-0.4, -0.2) is 20.9 Å². The van der Waals surface area contributed by atoms with E-state index in [1.54, 1.807) is 18.2 Å². The average molecular weight is 350 g/mol. The van der Waals surface area contributed by atoms with Gasteiger partial charge in [-0.25, -0.2) is 14.4 Å². The van der Waals surface area contributed by atoms with E-state index in [9.17, 15) is 9.18 Å². The summed E-state index contributed by atoms with van der Waals surface area (Å²) in [5.74, 6) is 0.530. The molecule has 26 heavy (non-hydrogen) atoms. The van der Waals surface area contributed by atoms with Crippen LogP contribution in [0.1, 0.15) is 12.3 Å². The number of anilines is 1. The average Bonchev–Trinajstić information content (AvgIpc) is 3.26. The molecule has 6 nitrogen and oxygen atoms in total. The Balaban J connectivity index is 1.38. The molecular weight excluding hydrogens is 335 g/mol. The first-order valence-corrected chi connectivity index (χ1v) is 8.13. The first-order valence-electron chi connectivity index (χ1n) is 8.13. The Morgan fingerprint density at radius 2 is 1.96 bits per heavy atom. The van der Waals surface area contributed by atoms with Gasteiger partial charge in [0, 0.05) is 12.8 Å². The summed E-state index contributed by atoms with van der Waals surface area (Å²) in [6.07, 6.45) is 1.94. The largest absolute Gasteiger partial charge is 0.441 e. The Bertz CT molecular complexity index is 1040. The van der Waals surface area contributed by atoms with Gasteiger partial charge in [0.1, 0.15) is 5.82 Å². The van der Waals surface area contributed by atoms with Crippen LogP contribution in [0.2, 0.25) is 0 Å². The summed E-state index contributed by atoms with van der Waals surface area (Å²) in [6, 6.07) is 13.8. The maximum atomic E-state index is 13.8. The second kappa shape index (κ2) is 6.79. The van der Waals surface area contributed by atoms with E-state index in [4.69, 9.17) is 4.42 Å². The third-order valence-corrected chi connectivity index (χ3v) is 3.91. The molecule has 0 atom stereocenters. The quantitative estimate of drug-likeness (QED) is 0.571. The maximum absolute atomic E-state index is 13.8. The van der Waals surface area contributed by atoms with Crippen molar-refractivity contribution in [2.75, 3.05) is 5.32 Å². The number of benzene rings is 2. The molecule has 0 radical (unpaired) electrons. The number of aromatic amines is 1. The lowest BCUT2D eigenvalue weighted by Crippen LogP contribution is -2.13. The van der Waals surface area contributed by atoms with Crippen LogP contribution in [-0.2, 0) is 11.2 Å². The van der Waals surface area contributed by atoms with Crippen LogP contribution in [0, 0.1) is 5.82 Å². The van der Waals surface area contributed by atoms with Gasteiger partial charge in [0.25, 0.3) is 0 Å². The van der Waals surface area contributed by atoms with Crippen LogP contribution in [0.4, 0.5) is 10.3 Å². The molecule has 0 unspecified atom stereocenters.